The van der Waals surface area contributed by atoms with Crippen molar-refractivity contribution in [1.82, 2.24) is 5.32 Å². The Morgan fingerprint density at radius 3 is 2.56 bits per heavy atom. The fraction of sp³-hybridized carbons (Fsp3) is 0.417. The fourth-order valence-corrected chi connectivity index (χ4v) is 2.85. The van der Waals surface area contributed by atoms with Crippen LogP contribution in [0.4, 0.5) is 0 Å². The highest BCUT2D eigenvalue weighted by molar-refractivity contribution is 7.91. The summed E-state index contributed by atoms with van der Waals surface area (Å²) in [7, 11) is -1.51. The van der Waals surface area contributed by atoms with E-state index in [4.69, 9.17) is 5.73 Å². The van der Waals surface area contributed by atoms with Crippen LogP contribution >= 0.6 is 0 Å². The Hall–Kier alpha value is -1.40. The molecular weight excluding hydrogens is 252 g/mol. The van der Waals surface area contributed by atoms with Crippen molar-refractivity contribution in [3.8, 4) is 0 Å². The Morgan fingerprint density at radius 1 is 1.39 bits per heavy atom. The monoisotopic (exact) mass is 270 g/mol. The Bertz CT molecular complexity index is 538. The van der Waals surface area contributed by atoms with Gasteiger partial charge in [-0.25, -0.2) is 8.42 Å². The van der Waals surface area contributed by atoms with E-state index >= 15 is 0 Å². The number of nitrogens with two attached hydrogens (primary N) is 1. The summed E-state index contributed by atoms with van der Waals surface area (Å²) in [5, 5.41) is 2.92. The third-order valence-corrected chi connectivity index (χ3v) is 4.41. The molecule has 100 valence electrons. The minimum atomic E-state index is -3.25. The molecule has 18 heavy (non-hydrogen) atoms. The van der Waals surface area contributed by atoms with Gasteiger partial charge in [0.25, 0.3) is 0 Å². The maximum Gasteiger partial charge on any atom is 0.221 e. The largest absolute Gasteiger partial charge is 0.369 e. The molecule has 1 aromatic carbocycles. The first kappa shape index (κ1) is 14.7. The molecule has 0 aliphatic rings. The molecule has 0 fully saturated rings. The lowest BCUT2D eigenvalue weighted by Crippen LogP contribution is -2.16. The molecule has 0 saturated carbocycles. The summed E-state index contributed by atoms with van der Waals surface area (Å²) in [6.07, 6.45) is 0.114. The van der Waals surface area contributed by atoms with Crippen molar-refractivity contribution in [3.63, 3.8) is 0 Å². The average Bonchev–Trinajstić information content (AvgIpc) is 2.28. The van der Waals surface area contributed by atoms with Gasteiger partial charge in [-0.15, -0.1) is 0 Å². The third-order valence-electron chi connectivity index (χ3n) is 2.59. The lowest BCUT2D eigenvalue weighted by molar-refractivity contribution is -0.117. The molecule has 0 unspecified atom stereocenters. The van der Waals surface area contributed by atoms with E-state index in [-0.39, 0.29) is 12.2 Å². The van der Waals surface area contributed by atoms with Crippen LogP contribution in [0.2, 0.25) is 0 Å². The van der Waals surface area contributed by atoms with Crippen LogP contribution in [0.5, 0.6) is 0 Å². The molecule has 1 aromatic rings. The summed E-state index contributed by atoms with van der Waals surface area (Å²) < 4.78 is 23.8. The van der Waals surface area contributed by atoms with Gasteiger partial charge in [0.05, 0.1) is 17.1 Å². The minimum absolute atomic E-state index is 0.0544. The summed E-state index contributed by atoms with van der Waals surface area (Å²) in [4.78, 5) is 11.2. The van der Waals surface area contributed by atoms with Crippen molar-refractivity contribution in [1.29, 1.82) is 0 Å². The van der Waals surface area contributed by atoms with Crippen LogP contribution in [-0.2, 0) is 27.6 Å². The van der Waals surface area contributed by atoms with E-state index in [9.17, 15) is 13.2 Å². The number of primary amides is 1. The van der Waals surface area contributed by atoms with Crippen LogP contribution in [0.1, 0.15) is 18.1 Å². The van der Waals surface area contributed by atoms with Gasteiger partial charge in [-0.3, -0.25) is 4.79 Å². The molecule has 3 N–H and O–H groups in total. The molecule has 0 aliphatic heterocycles. The predicted molar refractivity (Wildman–Crippen MR) is 69.8 cm³/mol. The summed E-state index contributed by atoms with van der Waals surface area (Å²) in [6.45, 7) is 2.04. The minimum Gasteiger partial charge on any atom is -0.369 e. The van der Waals surface area contributed by atoms with Crippen LogP contribution in [0.3, 0.4) is 0 Å². The van der Waals surface area contributed by atoms with Crippen molar-refractivity contribution >= 4 is 15.7 Å². The van der Waals surface area contributed by atoms with Gasteiger partial charge in [-0.1, -0.05) is 19.1 Å². The molecule has 0 saturated heterocycles. The van der Waals surface area contributed by atoms with Gasteiger partial charge < -0.3 is 11.1 Å². The summed E-state index contributed by atoms with van der Waals surface area (Å²) in [5.74, 6) is -0.379. The van der Waals surface area contributed by atoms with Gasteiger partial charge in [0.2, 0.25) is 5.91 Å². The second kappa shape index (κ2) is 5.97. The van der Waals surface area contributed by atoms with Crippen molar-refractivity contribution < 1.29 is 13.2 Å². The molecule has 0 heterocycles. The van der Waals surface area contributed by atoms with Crippen molar-refractivity contribution in [3.05, 3.63) is 29.3 Å². The fourth-order valence-electron chi connectivity index (χ4n) is 1.73. The van der Waals surface area contributed by atoms with Crippen LogP contribution in [0, 0.1) is 0 Å². The van der Waals surface area contributed by atoms with Gasteiger partial charge in [-0.05, 0) is 24.2 Å². The van der Waals surface area contributed by atoms with Crippen LogP contribution in [0.25, 0.3) is 0 Å². The van der Waals surface area contributed by atoms with E-state index in [1.54, 1.807) is 32.2 Å². The molecule has 0 atom stereocenters. The van der Waals surface area contributed by atoms with Gasteiger partial charge in [-0.2, -0.15) is 0 Å². The molecule has 0 bridgehead atoms. The summed E-state index contributed by atoms with van der Waals surface area (Å²) in [6, 6.07) is 4.89. The first-order chi connectivity index (χ1) is 8.40. The Balaban J connectivity index is 3.24. The smallest absolute Gasteiger partial charge is 0.221 e. The first-order valence-electron chi connectivity index (χ1n) is 5.68. The van der Waals surface area contributed by atoms with Crippen LogP contribution in [0.15, 0.2) is 23.1 Å². The van der Waals surface area contributed by atoms with E-state index < -0.39 is 15.7 Å². The summed E-state index contributed by atoms with van der Waals surface area (Å²) >= 11 is 0. The second-order valence-corrected chi connectivity index (χ2v) is 6.27. The normalized spacial score (nSPS) is 11.4. The Labute approximate surface area is 107 Å². The van der Waals surface area contributed by atoms with E-state index in [0.717, 1.165) is 5.56 Å². The zero-order valence-electron chi connectivity index (χ0n) is 10.6. The zero-order chi connectivity index (χ0) is 13.8. The number of hydrogen-bond donors (Lipinski definition) is 2. The number of benzene rings is 1. The van der Waals surface area contributed by atoms with Crippen molar-refractivity contribution in [2.45, 2.75) is 24.8 Å². The molecule has 1 rings (SSSR count). The number of sulfone groups is 1. The number of carbonyl (C=O) groups is 1. The number of hydrogen-bond acceptors (Lipinski definition) is 4. The number of nitrogens with one attached hydrogen (secondary N) is 1. The van der Waals surface area contributed by atoms with E-state index in [1.165, 1.54) is 0 Å². The third kappa shape index (κ3) is 3.54. The average molecular weight is 270 g/mol. The molecule has 1 amide bonds. The molecule has 0 radical (unpaired) electrons. The standard InChI is InChI=1S/C12H18N2O3S/c1-3-18(16,17)11-5-4-9(7-12(13)15)6-10(11)8-14-2/h4-6,14H,3,7-8H2,1-2H3,(H2,13,15). The van der Waals surface area contributed by atoms with Gasteiger partial charge in [0.15, 0.2) is 9.84 Å². The highest BCUT2D eigenvalue weighted by Gasteiger charge is 2.16. The summed E-state index contributed by atoms with van der Waals surface area (Å²) in [5.41, 5.74) is 6.52. The first-order valence-corrected chi connectivity index (χ1v) is 7.33. The van der Waals surface area contributed by atoms with Crippen LogP contribution < -0.4 is 11.1 Å². The number of amides is 1. The lowest BCUT2D eigenvalue weighted by Gasteiger charge is -2.11. The van der Waals surface area contributed by atoms with E-state index in [2.05, 4.69) is 5.32 Å². The SMILES string of the molecule is CCS(=O)(=O)c1ccc(CC(N)=O)cc1CNC. The molecular formula is C12H18N2O3S. The molecule has 6 heteroatoms. The van der Waals surface area contributed by atoms with E-state index in [0.29, 0.717) is 17.0 Å². The molecule has 0 aromatic heterocycles. The van der Waals surface area contributed by atoms with Crippen molar-refractivity contribution in [2.75, 3.05) is 12.8 Å². The van der Waals surface area contributed by atoms with Gasteiger partial charge >= 0.3 is 0 Å². The topological polar surface area (TPSA) is 89.3 Å². The number of carbonyl (C=O) groups excluding carboxylic acids is 1. The molecule has 5 nitrogen and oxygen atoms in total. The van der Waals surface area contributed by atoms with E-state index in [1.807, 2.05) is 0 Å². The quantitative estimate of drug-likeness (QED) is 0.774. The zero-order valence-corrected chi connectivity index (χ0v) is 11.4. The maximum absolute atomic E-state index is 11.9. The van der Waals surface area contributed by atoms with Crippen molar-refractivity contribution in [2.24, 2.45) is 5.73 Å². The Kier molecular flexibility index (Phi) is 4.86. The van der Waals surface area contributed by atoms with Gasteiger partial charge in [0.1, 0.15) is 0 Å². The Morgan fingerprint density at radius 2 is 2.06 bits per heavy atom. The second-order valence-electron chi connectivity index (χ2n) is 4.02. The molecule has 0 aliphatic carbocycles. The van der Waals surface area contributed by atoms with Gasteiger partial charge in [0, 0.05) is 6.54 Å². The molecule has 0 spiro atoms. The highest BCUT2D eigenvalue weighted by Crippen LogP contribution is 2.19. The van der Waals surface area contributed by atoms with Crippen LogP contribution in [-0.4, -0.2) is 27.1 Å². The predicted octanol–water partition coefficient (Wildman–Crippen LogP) is 0.227. The number of rotatable bonds is 6. The maximum atomic E-state index is 11.9. The highest BCUT2D eigenvalue weighted by atomic mass is 32.2. The lowest BCUT2D eigenvalue weighted by atomic mass is 10.1.